The van der Waals surface area contributed by atoms with Gasteiger partial charge in [-0.25, -0.2) is 13.6 Å². The second-order valence-electron chi connectivity index (χ2n) is 7.31. The monoisotopic (exact) mass is 366 g/mol. The van der Waals surface area contributed by atoms with Gasteiger partial charge in [0.2, 0.25) is 5.91 Å². The second-order valence-corrected chi connectivity index (χ2v) is 7.31. The molecule has 2 rings (SSSR count). The predicted octanol–water partition coefficient (Wildman–Crippen LogP) is 3.49. The molecule has 1 aromatic carbocycles. The molecule has 0 aliphatic carbocycles. The molecule has 0 saturated carbocycles. The van der Waals surface area contributed by atoms with E-state index in [1.807, 2.05) is 0 Å². The van der Waals surface area contributed by atoms with E-state index in [0.29, 0.717) is 12.0 Å². The molecule has 7 heteroatoms. The lowest BCUT2D eigenvalue weighted by Gasteiger charge is -2.41. The van der Waals surface area contributed by atoms with Crippen LogP contribution in [0.15, 0.2) is 30.9 Å². The molecule has 0 radical (unpaired) electrons. The molecule has 0 N–H and O–H groups in total. The molecule has 5 nitrogen and oxygen atoms in total. The van der Waals surface area contributed by atoms with Crippen LogP contribution in [0.3, 0.4) is 0 Å². The van der Waals surface area contributed by atoms with Crippen LogP contribution in [0.1, 0.15) is 32.8 Å². The van der Waals surface area contributed by atoms with E-state index in [1.54, 1.807) is 26.8 Å². The van der Waals surface area contributed by atoms with Crippen molar-refractivity contribution >= 4 is 12.0 Å². The average molecular weight is 366 g/mol. The quantitative estimate of drug-likeness (QED) is 0.767. The lowest BCUT2D eigenvalue weighted by atomic mass is 10.1. The van der Waals surface area contributed by atoms with E-state index in [4.69, 9.17) is 4.74 Å². The number of hydrogen-bond acceptors (Lipinski definition) is 3. The fourth-order valence-electron chi connectivity index (χ4n) is 2.77. The van der Waals surface area contributed by atoms with E-state index < -0.39 is 23.3 Å². The van der Waals surface area contributed by atoms with Crippen LogP contribution in [0.5, 0.6) is 0 Å². The first-order valence-corrected chi connectivity index (χ1v) is 8.43. The van der Waals surface area contributed by atoms with Gasteiger partial charge in [0.05, 0.1) is 6.04 Å². The number of benzene rings is 1. The number of piperazine rings is 1. The molecule has 1 fully saturated rings. The van der Waals surface area contributed by atoms with E-state index >= 15 is 0 Å². The van der Waals surface area contributed by atoms with Crippen LogP contribution in [0, 0.1) is 11.6 Å². The van der Waals surface area contributed by atoms with Gasteiger partial charge in [0, 0.05) is 13.1 Å². The number of rotatable bonds is 4. The van der Waals surface area contributed by atoms with Crippen molar-refractivity contribution in [2.24, 2.45) is 0 Å². The Bertz CT molecular complexity index is 701. The fourth-order valence-corrected chi connectivity index (χ4v) is 2.77. The molecule has 2 amide bonds. The van der Waals surface area contributed by atoms with Gasteiger partial charge in [0.1, 0.15) is 12.1 Å². The highest BCUT2D eigenvalue weighted by atomic mass is 19.2. The number of carbonyl (C=O) groups excluding carboxylic acids is 2. The minimum Gasteiger partial charge on any atom is -0.444 e. The first kappa shape index (κ1) is 19.9. The molecule has 1 heterocycles. The molecule has 0 aromatic heterocycles. The molecule has 1 aromatic rings. The molecule has 0 bridgehead atoms. The van der Waals surface area contributed by atoms with Gasteiger partial charge in [0.15, 0.2) is 11.6 Å². The van der Waals surface area contributed by atoms with Crippen molar-refractivity contribution in [2.75, 3.05) is 13.1 Å². The summed E-state index contributed by atoms with van der Waals surface area (Å²) in [4.78, 5) is 27.8. The first-order valence-electron chi connectivity index (χ1n) is 8.43. The maximum absolute atomic E-state index is 13.4. The highest BCUT2D eigenvalue weighted by Crippen LogP contribution is 2.21. The van der Waals surface area contributed by atoms with Crippen molar-refractivity contribution in [1.82, 2.24) is 9.80 Å². The summed E-state index contributed by atoms with van der Waals surface area (Å²) in [5.74, 6) is -2.16. The molecular formula is C19H24F2N2O3. The molecule has 1 saturated heterocycles. The Hall–Kier alpha value is -2.44. The number of halogens is 2. The Morgan fingerprint density at radius 1 is 1.35 bits per heavy atom. The average Bonchev–Trinajstić information content (AvgIpc) is 2.52. The molecule has 1 aliphatic heterocycles. The van der Waals surface area contributed by atoms with Crippen LogP contribution in [-0.4, -0.2) is 46.5 Å². The maximum atomic E-state index is 13.4. The molecule has 0 unspecified atom stereocenters. The maximum Gasteiger partial charge on any atom is 0.411 e. The number of nitrogens with zero attached hydrogens (tertiary/aromatic N) is 2. The summed E-state index contributed by atoms with van der Waals surface area (Å²) >= 11 is 0. The Morgan fingerprint density at radius 3 is 2.62 bits per heavy atom. The number of hydrogen-bond donors (Lipinski definition) is 0. The molecule has 0 spiro atoms. The summed E-state index contributed by atoms with van der Waals surface area (Å²) < 4.78 is 31.8. The van der Waals surface area contributed by atoms with Crippen molar-refractivity contribution in [3.63, 3.8) is 0 Å². The minimum atomic E-state index is -0.954. The van der Waals surface area contributed by atoms with E-state index in [9.17, 15) is 18.4 Å². The van der Waals surface area contributed by atoms with Gasteiger partial charge in [-0.3, -0.25) is 9.69 Å². The normalized spacial score (nSPS) is 18.0. The largest absolute Gasteiger partial charge is 0.444 e. The van der Waals surface area contributed by atoms with Crippen molar-refractivity contribution in [3.05, 3.63) is 48.1 Å². The zero-order valence-electron chi connectivity index (χ0n) is 15.3. The van der Waals surface area contributed by atoms with Crippen LogP contribution in [0.4, 0.5) is 13.6 Å². The van der Waals surface area contributed by atoms with Crippen LogP contribution >= 0.6 is 0 Å². The summed E-state index contributed by atoms with van der Waals surface area (Å²) in [7, 11) is 0. The molecule has 142 valence electrons. The number of amides is 2. The highest BCUT2D eigenvalue weighted by molar-refractivity contribution is 5.84. The third kappa shape index (κ3) is 5.03. The van der Waals surface area contributed by atoms with Gasteiger partial charge in [-0.15, -0.1) is 6.58 Å². The standard InChI is InChI=1S/C19H24F2N2O3/c1-5-6-14-11-22(10-13-7-8-15(20)16(21)9-13)17(24)12-23(14)18(25)26-19(2,3)4/h5,7-9,14H,1,6,10-12H2,2-4H3/t14-/m1/s1. The number of carbonyl (C=O) groups is 2. The highest BCUT2D eigenvalue weighted by Gasteiger charge is 2.36. The van der Waals surface area contributed by atoms with Gasteiger partial charge < -0.3 is 9.64 Å². The van der Waals surface area contributed by atoms with Gasteiger partial charge in [0.25, 0.3) is 0 Å². The van der Waals surface area contributed by atoms with Crippen LogP contribution < -0.4 is 0 Å². The third-order valence-electron chi connectivity index (χ3n) is 3.95. The lowest BCUT2D eigenvalue weighted by molar-refractivity contribution is -0.138. The van der Waals surface area contributed by atoms with E-state index in [0.717, 1.165) is 12.1 Å². The Kier molecular flexibility index (Phi) is 6.00. The minimum absolute atomic E-state index is 0.128. The van der Waals surface area contributed by atoms with E-state index in [1.165, 1.54) is 15.9 Å². The molecule has 1 aliphatic rings. The summed E-state index contributed by atoms with van der Waals surface area (Å²) in [5, 5.41) is 0. The summed E-state index contributed by atoms with van der Waals surface area (Å²) in [6.45, 7) is 9.26. The van der Waals surface area contributed by atoms with Gasteiger partial charge in [-0.05, 0) is 44.9 Å². The topological polar surface area (TPSA) is 49.9 Å². The fraction of sp³-hybridized carbons (Fsp3) is 0.474. The Morgan fingerprint density at radius 2 is 2.04 bits per heavy atom. The summed E-state index contributed by atoms with van der Waals surface area (Å²) in [6.07, 6.45) is 1.61. The van der Waals surface area contributed by atoms with Gasteiger partial charge in [-0.1, -0.05) is 12.1 Å². The van der Waals surface area contributed by atoms with Crippen molar-refractivity contribution in [1.29, 1.82) is 0 Å². The smallest absolute Gasteiger partial charge is 0.411 e. The predicted molar refractivity (Wildman–Crippen MR) is 93.3 cm³/mol. The summed E-state index contributed by atoms with van der Waals surface area (Å²) in [5.41, 5.74) is -0.179. The zero-order chi connectivity index (χ0) is 19.5. The van der Waals surface area contributed by atoms with Crippen molar-refractivity contribution in [3.8, 4) is 0 Å². The first-order chi connectivity index (χ1) is 12.1. The van der Waals surface area contributed by atoms with Gasteiger partial charge in [-0.2, -0.15) is 0 Å². The van der Waals surface area contributed by atoms with E-state index in [-0.39, 0.29) is 31.6 Å². The Labute approximate surface area is 152 Å². The van der Waals surface area contributed by atoms with Crippen LogP contribution in [-0.2, 0) is 16.1 Å². The third-order valence-corrected chi connectivity index (χ3v) is 3.95. The van der Waals surface area contributed by atoms with Crippen LogP contribution in [0.2, 0.25) is 0 Å². The zero-order valence-corrected chi connectivity index (χ0v) is 15.3. The molecular weight excluding hydrogens is 342 g/mol. The lowest BCUT2D eigenvalue weighted by Crippen LogP contribution is -2.58. The van der Waals surface area contributed by atoms with Crippen molar-refractivity contribution < 1.29 is 23.1 Å². The molecule has 26 heavy (non-hydrogen) atoms. The second kappa shape index (κ2) is 7.85. The summed E-state index contributed by atoms with van der Waals surface area (Å²) in [6, 6.07) is 3.26. The van der Waals surface area contributed by atoms with Crippen molar-refractivity contribution in [2.45, 2.75) is 45.4 Å². The Balaban J connectivity index is 2.13. The van der Waals surface area contributed by atoms with Gasteiger partial charge >= 0.3 is 6.09 Å². The van der Waals surface area contributed by atoms with E-state index in [2.05, 4.69) is 6.58 Å². The van der Waals surface area contributed by atoms with Crippen LogP contribution in [0.25, 0.3) is 0 Å². The SMILES string of the molecule is C=CC[C@@H]1CN(Cc2ccc(F)c(F)c2)C(=O)CN1C(=O)OC(C)(C)C. The number of ether oxygens (including phenoxy) is 1. The molecule has 1 atom stereocenters.